The third-order valence-corrected chi connectivity index (χ3v) is 9.34. The van der Waals surface area contributed by atoms with Gasteiger partial charge in [0.05, 0.1) is 11.9 Å². The second-order valence-corrected chi connectivity index (χ2v) is 12.5. The van der Waals surface area contributed by atoms with Crippen molar-refractivity contribution < 1.29 is 23.1 Å². The topological polar surface area (TPSA) is 130 Å². The Labute approximate surface area is 264 Å². The van der Waals surface area contributed by atoms with E-state index in [1.807, 2.05) is 22.8 Å². The number of nitrogens with two attached hydrogens (primary N) is 1. The van der Waals surface area contributed by atoms with Gasteiger partial charge in [-0.15, -0.1) is 0 Å². The summed E-state index contributed by atoms with van der Waals surface area (Å²) in [5.74, 6) is -1.79. The highest BCUT2D eigenvalue weighted by molar-refractivity contribution is 5.96. The van der Waals surface area contributed by atoms with Crippen LogP contribution in [0.15, 0.2) is 48.9 Å². The summed E-state index contributed by atoms with van der Waals surface area (Å²) in [4.78, 5) is 39.1. The fraction of sp³-hybridized carbons (Fsp3) is 0.394. The first-order valence-electron chi connectivity index (χ1n) is 15.6. The van der Waals surface area contributed by atoms with Crippen LogP contribution in [0.25, 0.3) is 16.9 Å². The molecule has 3 aliphatic heterocycles. The molecule has 1 spiro atoms. The monoisotopic (exact) mass is 630 g/mol. The maximum Gasteiger partial charge on any atom is 0.254 e. The van der Waals surface area contributed by atoms with E-state index in [0.717, 1.165) is 31.7 Å². The van der Waals surface area contributed by atoms with Gasteiger partial charge < -0.3 is 30.9 Å². The Bertz CT molecular complexity index is 1810. The molecule has 11 nitrogen and oxygen atoms in total. The van der Waals surface area contributed by atoms with Crippen LogP contribution in [-0.4, -0.2) is 88.4 Å². The smallest absolute Gasteiger partial charge is 0.254 e. The van der Waals surface area contributed by atoms with E-state index in [4.69, 9.17) is 10.5 Å². The van der Waals surface area contributed by atoms with Gasteiger partial charge in [0.2, 0.25) is 11.7 Å². The number of benzene rings is 2. The third kappa shape index (κ3) is 5.32. The lowest BCUT2D eigenvalue weighted by Crippen LogP contribution is -2.72. The molecule has 0 atom stereocenters. The van der Waals surface area contributed by atoms with E-state index >= 15 is 4.39 Å². The van der Waals surface area contributed by atoms with Gasteiger partial charge in [-0.1, -0.05) is 0 Å². The predicted octanol–water partition coefficient (Wildman–Crippen LogP) is 3.35. The Hall–Kier alpha value is -4.62. The van der Waals surface area contributed by atoms with Crippen molar-refractivity contribution in [1.29, 1.82) is 0 Å². The first-order valence-corrected chi connectivity index (χ1v) is 15.6. The minimum absolute atomic E-state index is 0.0225. The van der Waals surface area contributed by atoms with Crippen molar-refractivity contribution in [2.75, 3.05) is 57.7 Å². The molecule has 0 radical (unpaired) electrons. The Morgan fingerprint density at radius 3 is 2.57 bits per heavy atom. The molecule has 3 fully saturated rings. The van der Waals surface area contributed by atoms with Crippen LogP contribution in [0.5, 0.6) is 5.75 Å². The molecule has 4 N–H and O–H groups in total. The van der Waals surface area contributed by atoms with Gasteiger partial charge in [-0.3, -0.25) is 14.0 Å². The number of carbonyl (C=O) groups is 2. The van der Waals surface area contributed by atoms with Crippen LogP contribution < -0.4 is 21.1 Å². The summed E-state index contributed by atoms with van der Waals surface area (Å²) >= 11 is 0. The molecule has 7 rings (SSSR count). The molecule has 13 heteroatoms. The molecule has 2 aromatic heterocycles. The highest BCUT2D eigenvalue weighted by atomic mass is 19.2. The zero-order valence-electron chi connectivity index (χ0n) is 25.6. The van der Waals surface area contributed by atoms with E-state index < -0.39 is 11.6 Å². The highest BCUT2D eigenvalue weighted by Gasteiger charge is 2.50. The lowest BCUT2D eigenvalue weighted by molar-refractivity contribution is -0.152. The minimum atomic E-state index is -1.09. The molecule has 46 heavy (non-hydrogen) atoms. The van der Waals surface area contributed by atoms with Crippen molar-refractivity contribution in [3.8, 4) is 17.0 Å². The maximum absolute atomic E-state index is 15.0. The lowest BCUT2D eigenvalue weighted by Gasteiger charge is -2.56. The van der Waals surface area contributed by atoms with Gasteiger partial charge in [-0.05, 0) is 55.7 Å². The molecule has 2 amide bonds. The molecule has 0 saturated carbocycles. The molecule has 2 aromatic carbocycles. The molecule has 3 aliphatic rings. The number of hydrogen-bond acceptors (Lipinski definition) is 8. The summed E-state index contributed by atoms with van der Waals surface area (Å²) in [6.45, 7) is 6.93. The summed E-state index contributed by atoms with van der Waals surface area (Å²) in [5.41, 5.74) is 8.57. The van der Waals surface area contributed by atoms with E-state index in [-0.39, 0.29) is 42.2 Å². The van der Waals surface area contributed by atoms with Gasteiger partial charge in [-0.2, -0.15) is 4.39 Å². The van der Waals surface area contributed by atoms with Gasteiger partial charge in [0.1, 0.15) is 6.61 Å². The number of piperidine rings is 1. The number of anilines is 2. The zero-order valence-corrected chi connectivity index (χ0v) is 25.6. The SMILES string of the molecule is Cc1cc(Nc2nccn3c(-c4ccc(OCCN)c(F)c4F)cnc23)ccc1C(=O)N1CCC(C(=O)N2CC3(CNC3)C2)CC1. The first kappa shape index (κ1) is 30.1. The quantitative estimate of drug-likeness (QED) is 0.270. The van der Waals surface area contributed by atoms with Gasteiger partial charge in [0.15, 0.2) is 23.0 Å². The number of aryl methyl sites for hydroxylation is 1. The number of ether oxygens (including phenoxy) is 1. The average molecular weight is 631 g/mol. The predicted molar refractivity (Wildman–Crippen MR) is 168 cm³/mol. The number of rotatable bonds is 8. The standard InChI is InChI=1S/C33H36F2N8O3/c1-20-14-22(2-3-23(20)32(45)41-10-6-21(7-11-41)31(44)42-18-33(19-42)16-37-17-33)40-29-30-39-15-25(43(30)12-9-38-29)24-4-5-26(46-13-8-36)28(35)27(24)34/h2-5,9,12,14-15,21,37H,6-8,10-11,13,16-19,36H2,1H3,(H,38,40). The lowest BCUT2D eigenvalue weighted by atomic mass is 9.74. The first-order chi connectivity index (χ1) is 22.3. The number of halogens is 2. The number of aromatic nitrogens is 3. The van der Waals surface area contributed by atoms with E-state index in [9.17, 15) is 14.0 Å². The van der Waals surface area contributed by atoms with Gasteiger partial charge in [-0.25, -0.2) is 14.4 Å². The van der Waals surface area contributed by atoms with Crippen LogP contribution in [0.2, 0.25) is 0 Å². The second-order valence-electron chi connectivity index (χ2n) is 12.5. The maximum atomic E-state index is 15.0. The minimum Gasteiger partial charge on any atom is -0.489 e. The third-order valence-electron chi connectivity index (χ3n) is 9.34. The molecule has 240 valence electrons. The molecule has 5 heterocycles. The summed E-state index contributed by atoms with van der Waals surface area (Å²) < 4.78 is 36.5. The van der Waals surface area contributed by atoms with Crippen molar-refractivity contribution in [2.45, 2.75) is 19.8 Å². The van der Waals surface area contributed by atoms with E-state index in [0.29, 0.717) is 59.8 Å². The van der Waals surface area contributed by atoms with Gasteiger partial charge in [0, 0.05) is 86.4 Å². The highest BCUT2D eigenvalue weighted by Crippen LogP contribution is 2.36. The Balaban J connectivity index is 1.02. The summed E-state index contributed by atoms with van der Waals surface area (Å²) in [6, 6.07) is 8.26. The molecule has 0 unspecified atom stereocenters. The Morgan fingerprint density at radius 2 is 1.87 bits per heavy atom. The normalized spacial score (nSPS) is 17.6. The van der Waals surface area contributed by atoms with Crippen molar-refractivity contribution in [3.63, 3.8) is 0 Å². The number of likely N-dealkylation sites (tertiary alicyclic amines) is 2. The number of amides is 2. The van der Waals surface area contributed by atoms with Crippen molar-refractivity contribution in [1.82, 2.24) is 29.5 Å². The molecular weight excluding hydrogens is 594 g/mol. The average Bonchev–Trinajstić information content (AvgIpc) is 3.45. The molecule has 0 aliphatic carbocycles. The van der Waals surface area contributed by atoms with Crippen LogP contribution in [0.1, 0.15) is 28.8 Å². The number of nitrogens with one attached hydrogen (secondary N) is 2. The molecule has 4 aromatic rings. The molecular formula is C33H36F2N8O3. The number of carbonyl (C=O) groups excluding carboxylic acids is 2. The van der Waals surface area contributed by atoms with E-state index in [2.05, 4.69) is 20.6 Å². The van der Waals surface area contributed by atoms with Crippen molar-refractivity contribution in [3.05, 3.63) is 71.7 Å². The molecule has 3 saturated heterocycles. The number of fused-ring (bicyclic) bond motifs is 1. The number of hydrogen-bond donors (Lipinski definition) is 3. The van der Waals surface area contributed by atoms with Crippen molar-refractivity contribution in [2.24, 2.45) is 17.1 Å². The largest absolute Gasteiger partial charge is 0.489 e. The van der Waals surface area contributed by atoms with Crippen LogP contribution in [0, 0.1) is 29.9 Å². The summed E-state index contributed by atoms with van der Waals surface area (Å²) in [5, 5.41) is 6.54. The molecule has 0 bridgehead atoms. The van der Waals surface area contributed by atoms with Gasteiger partial charge in [0.25, 0.3) is 5.91 Å². The number of imidazole rings is 1. The Morgan fingerprint density at radius 1 is 1.09 bits per heavy atom. The van der Waals surface area contributed by atoms with Crippen LogP contribution >= 0.6 is 0 Å². The summed E-state index contributed by atoms with van der Waals surface area (Å²) in [6.07, 6.45) is 5.97. The fourth-order valence-corrected chi connectivity index (χ4v) is 6.71. The van der Waals surface area contributed by atoms with Crippen molar-refractivity contribution >= 4 is 29.0 Å². The van der Waals surface area contributed by atoms with Gasteiger partial charge >= 0.3 is 0 Å². The Kier molecular flexibility index (Phi) is 7.81. The summed E-state index contributed by atoms with van der Waals surface area (Å²) in [7, 11) is 0. The van der Waals surface area contributed by atoms with Crippen LogP contribution in [0.3, 0.4) is 0 Å². The van der Waals surface area contributed by atoms with Crippen LogP contribution in [0.4, 0.5) is 20.3 Å². The second kappa shape index (κ2) is 12.0. The zero-order chi connectivity index (χ0) is 32.0. The fourth-order valence-electron chi connectivity index (χ4n) is 6.71. The van der Waals surface area contributed by atoms with E-state index in [1.165, 1.54) is 24.5 Å². The van der Waals surface area contributed by atoms with E-state index in [1.54, 1.807) is 22.7 Å². The van der Waals surface area contributed by atoms with Crippen LogP contribution in [-0.2, 0) is 4.79 Å². The number of nitrogens with zero attached hydrogens (tertiary/aromatic N) is 5.